The van der Waals surface area contributed by atoms with Crippen LogP contribution in [0, 0.1) is 0 Å². The molecule has 1 aromatic heterocycles. The van der Waals surface area contributed by atoms with Gasteiger partial charge in [-0.2, -0.15) is 4.98 Å². The first-order valence-electron chi connectivity index (χ1n) is 5.28. The SMILES string of the molecule is CNCc1noc(C2CCCS(=O)(=O)C2)n1. The van der Waals surface area contributed by atoms with Gasteiger partial charge in [0.25, 0.3) is 0 Å². The van der Waals surface area contributed by atoms with Gasteiger partial charge in [0.2, 0.25) is 5.89 Å². The van der Waals surface area contributed by atoms with Crippen LogP contribution in [0.4, 0.5) is 0 Å². The minimum Gasteiger partial charge on any atom is -0.339 e. The molecule has 2 rings (SSSR count). The van der Waals surface area contributed by atoms with E-state index >= 15 is 0 Å². The van der Waals surface area contributed by atoms with Crippen LogP contribution < -0.4 is 5.32 Å². The summed E-state index contributed by atoms with van der Waals surface area (Å²) in [5.41, 5.74) is 0. The van der Waals surface area contributed by atoms with Gasteiger partial charge in [-0.15, -0.1) is 0 Å². The van der Waals surface area contributed by atoms with Crippen molar-refractivity contribution < 1.29 is 12.9 Å². The lowest BCUT2D eigenvalue weighted by molar-refractivity contribution is 0.346. The van der Waals surface area contributed by atoms with E-state index in [-0.39, 0.29) is 17.4 Å². The summed E-state index contributed by atoms with van der Waals surface area (Å²) in [5, 5.41) is 6.70. The molecule has 7 heteroatoms. The van der Waals surface area contributed by atoms with Gasteiger partial charge in [-0.1, -0.05) is 5.16 Å². The second-order valence-electron chi connectivity index (χ2n) is 4.03. The minimum atomic E-state index is -2.93. The van der Waals surface area contributed by atoms with Gasteiger partial charge >= 0.3 is 0 Å². The van der Waals surface area contributed by atoms with E-state index in [0.717, 1.165) is 6.42 Å². The highest BCUT2D eigenvalue weighted by Gasteiger charge is 2.29. The van der Waals surface area contributed by atoms with Gasteiger partial charge in [-0.3, -0.25) is 0 Å². The highest BCUT2D eigenvalue weighted by Crippen LogP contribution is 2.26. The molecule has 2 heterocycles. The van der Waals surface area contributed by atoms with E-state index in [1.54, 1.807) is 7.05 Å². The molecule has 6 nitrogen and oxygen atoms in total. The molecule has 1 aliphatic heterocycles. The highest BCUT2D eigenvalue weighted by atomic mass is 32.2. The van der Waals surface area contributed by atoms with Gasteiger partial charge in [0, 0.05) is 0 Å². The molecule has 0 aliphatic carbocycles. The van der Waals surface area contributed by atoms with Crippen LogP contribution in [0.25, 0.3) is 0 Å². The quantitative estimate of drug-likeness (QED) is 0.811. The molecule has 1 unspecified atom stereocenters. The summed E-state index contributed by atoms with van der Waals surface area (Å²) in [7, 11) is -1.13. The Morgan fingerprint density at radius 3 is 3.06 bits per heavy atom. The highest BCUT2D eigenvalue weighted by molar-refractivity contribution is 7.91. The van der Waals surface area contributed by atoms with Crippen LogP contribution in [0.15, 0.2) is 4.52 Å². The molecular weight excluding hydrogens is 230 g/mol. The summed E-state index contributed by atoms with van der Waals surface area (Å²) in [4.78, 5) is 4.18. The fourth-order valence-electron chi connectivity index (χ4n) is 1.88. The molecule has 1 atom stereocenters. The Balaban J connectivity index is 2.11. The number of nitrogens with one attached hydrogen (secondary N) is 1. The van der Waals surface area contributed by atoms with Crippen LogP contribution in [-0.4, -0.2) is 37.1 Å². The third-order valence-electron chi connectivity index (χ3n) is 2.63. The zero-order valence-electron chi connectivity index (χ0n) is 9.14. The fraction of sp³-hybridized carbons (Fsp3) is 0.778. The summed E-state index contributed by atoms with van der Waals surface area (Å²) in [5.74, 6) is 1.31. The number of nitrogens with zero attached hydrogens (tertiary/aromatic N) is 2. The molecule has 0 amide bonds. The average Bonchev–Trinajstić information content (AvgIpc) is 2.65. The molecule has 1 aliphatic rings. The molecule has 90 valence electrons. The van der Waals surface area contributed by atoms with Crippen LogP contribution in [0.1, 0.15) is 30.5 Å². The zero-order chi connectivity index (χ0) is 11.6. The summed E-state index contributed by atoms with van der Waals surface area (Å²) >= 11 is 0. The van der Waals surface area contributed by atoms with E-state index in [1.807, 2.05) is 0 Å². The first-order valence-corrected chi connectivity index (χ1v) is 7.10. The molecule has 1 fully saturated rings. The Labute approximate surface area is 94.3 Å². The maximum absolute atomic E-state index is 11.5. The van der Waals surface area contributed by atoms with Crippen molar-refractivity contribution in [2.24, 2.45) is 0 Å². The van der Waals surface area contributed by atoms with Crippen molar-refractivity contribution in [1.82, 2.24) is 15.5 Å². The number of hydrogen-bond acceptors (Lipinski definition) is 6. The van der Waals surface area contributed by atoms with Gasteiger partial charge in [-0.05, 0) is 19.9 Å². The van der Waals surface area contributed by atoms with Crippen LogP contribution >= 0.6 is 0 Å². The number of hydrogen-bond donors (Lipinski definition) is 1. The molecule has 1 saturated heterocycles. The Bertz CT molecular complexity index is 454. The van der Waals surface area contributed by atoms with Gasteiger partial charge < -0.3 is 9.84 Å². The second-order valence-corrected chi connectivity index (χ2v) is 6.26. The maximum Gasteiger partial charge on any atom is 0.230 e. The molecule has 16 heavy (non-hydrogen) atoms. The Kier molecular flexibility index (Phi) is 3.25. The minimum absolute atomic E-state index is 0.128. The van der Waals surface area contributed by atoms with Crippen LogP contribution in [-0.2, 0) is 16.4 Å². The molecule has 1 N–H and O–H groups in total. The third kappa shape index (κ3) is 2.59. The molecule has 0 aromatic carbocycles. The maximum atomic E-state index is 11.5. The second kappa shape index (κ2) is 4.50. The number of sulfone groups is 1. The molecule has 1 aromatic rings. The van der Waals surface area contributed by atoms with Crippen LogP contribution in [0.5, 0.6) is 0 Å². The van der Waals surface area contributed by atoms with Crippen molar-refractivity contribution >= 4 is 9.84 Å². The fourth-order valence-corrected chi connectivity index (χ4v) is 3.58. The molecule has 0 radical (unpaired) electrons. The van der Waals surface area contributed by atoms with E-state index in [1.165, 1.54) is 0 Å². The van der Waals surface area contributed by atoms with Crippen LogP contribution in [0.3, 0.4) is 0 Å². The number of aromatic nitrogens is 2. The monoisotopic (exact) mass is 245 g/mol. The van der Waals surface area contributed by atoms with E-state index in [2.05, 4.69) is 15.5 Å². The predicted molar refractivity (Wildman–Crippen MR) is 57.7 cm³/mol. The predicted octanol–water partition coefficient (Wildman–Crippen LogP) is 0.0812. The molecule has 0 saturated carbocycles. The van der Waals surface area contributed by atoms with Crippen molar-refractivity contribution in [2.75, 3.05) is 18.6 Å². The van der Waals surface area contributed by atoms with Gasteiger partial charge in [0.05, 0.1) is 24.0 Å². The Morgan fingerprint density at radius 1 is 1.56 bits per heavy atom. The lowest BCUT2D eigenvalue weighted by Gasteiger charge is -2.17. The Hall–Kier alpha value is -0.950. The van der Waals surface area contributed by atoms with E-state index in [0.29, 0.717) is 24.7 Å². The van der Waals surface area contributed by atoms with Crippen LogP contribution in [0.2, 0.25) is 0 Å². The summed E-state index contributed by atoms with van der Waals surface area (Å²) in [6.45, 7) is 0.531. The Morgan fingerprint density at radius 2 is 2.38 bits per heavy atom. The lowest BCUT2D eigenvalue weighted by atomic mass is 10.1. The smallest absolute Gasteiger partial charge is 0.230 e. The third-order valence-corrected chi connectivity index (χ3v) is 4.45. The molecule has 0 spiro atoms. The van der Waals surface area contributed by atoms with E-state index in [4.69, 9.17) is 4.52 Å². The standard InChI is InChI=1S/C9H15N3O3S/c1-10-5-8-11-9(15-12-8)7-3-2-4-16(13,14)6-7/h7,10H,2-6H2,1H3. The number of rotatable bonds is 3. The van der Waals surface area contributed by atoms with Crippen molar-refractivity contribution in [3.8, 4) is 0 Å². The van der Waals surface area contributed by atoms with Crippen molar-refractivity contribution in [1.29, 1.82) is 0 Å². The van der Waals surface area contributed by atoms with E-state index < -0.39 is 9.84 Å². The summed E-state index contributed by atoms with van der Waals surface area (Å²) in [6, 6.07) is 0. The van der Waals surface area contributed by atoms with Crippen molar-refractivity contribution in [2.45, 2.75) is 25.3 Å². The van der Waals surface area contributed by atoms with E-state index in [9.17, 15) is 8.42 Å². The summed E-state index contributed by atoms with van der Waals surface area (Å²) in [6.07, 6.45) is 1.48. The molecular formula is C9H15N3O3S. The average molecular weight is 245 g/mol. The van der Waals surface area contributed by atoms with Crippen molar-refractivity contribution in [3.63, 3.8) is 0 Å². The normalized spacial score (nSPS) is 24.4. The zero-order valence-corrected chi connectivity index (χ0v) is 9.96. The first-order chi connectivity index (χ1) is 7.61. The van der Waals surface area contributed by atoms with Gasteiger partial charge in [0.15, 0.2) is 15.7 Å². The first kappa shape index (κ1) is 11.5. The topological polar surface area (TPSA) is 85.1 Å². The largest absolute Gasteiger partial charge is 0.339 e. The van der Waals surface area contributed by atoms with Crippen molar-refractivity contribution in [3.05, 3.63) is 11.7 Å². The molecule has 0 bridgehead atoms. The summed E-state index contributed by atoms with van der Waals surface area (Å²) < 4.78 is 28.0. The van der Waals surface area contributed by atoms with Gasteiger partial charge in [0.1, 0.15) is 0 Å². The lowest BCUT2D eigenvalue weighted by Crippen LogP contribution is -2.24. The van der Waals surface area contributed by atoms with Gasteiger partial charge in [-0.25, -0.2) is 8.42 Å².